The van der Waals surface area contributed by atoms with E-state index in [9.17, 15) is 0 Å². The summed E-state index contributed by atoms with van der Waals surface area (Å²) in [5.74, 6) is 3.62. The highest BCUT2D eigenvalue weighted by molar-refractivity contribution is 7.99. The first-order chi connectivity index (χ1) is 9.02. The highest BCUT2D eigenvalue weighted by atomic mass is 32.2. The normalized spacial score (nSPS) is 41.8. The van der Waals surface area contributed by atoms with Gasteiger partial charge in [0.2, 0.25) is 0 Å². The highest BCUT2D eigenvalue weighted by Crippen LogP contribution is 2.62. The zero-order valence-corrected chi connectivity index (χ0v) is 13.7. The summed E-state index contributed by atoms with van der Waals surface area (Å²) in [6.07, 6.45) is 4.36. The lowest BCUT2D eigenvalue weighted by Crippen LogP contribution is -2.52. The minimum atomic E-state index is 0.505. The van der Waals surface area contributed by atoms with Crippen LogP contribution in [0.1, 0.15) is 40.0 Å². The highest BCUT2D eigenvalue weighted by Gasteiger charge is 2.58. The van der Waals surface area contributed by atoms with Gasteiger partial charge in [0.1, 0.15) is 0 Å². The molecule has 1 aliphatic heterocycles. The topological polar surface area (TPSA) is 15.3 Å². The summed E-state index contributed by atoms with van der Waals surface area (Å²) in [4.78, 5) is 2.63. The summed E-state index contributed by atoms with van der Waals surface area (Å²) < 4.78 is 0. The Hall–Kier alpha value is 0.270. The molecule has 0 spiro atoms. The van der Waals surface area contributed by atoms with Crippen LogP contribution in [0.4, 0.5) is 0 Å². The molecule has 0 amide bonds. The number of rotatable bonds is 4. The Morgan fingerprint density at radius 1 is 1.21 bits per heavy atom. The van der Waals surface area contributed by atoms with E-state index < -0.39 is 0 Å². The maximum Gasteiger partial charge on any atom is 0.0175 e. The van der Waals surface area contributed by atoms with Gasteiger partial charge in [-0.15, -0.1) is 0 Å². The second-order valence-electron chi connectivity index (χ2n) is 7.76. The van der Waals surface area contributed by atoms with Crippen molar-refractivity contribution in [3.05, 3.63) is 0 Å². The molecule has 0 aromatic heterocycles. The molecule has 2 saturated carbocycles. The van der Waals surface area contributed by atoms with Crippen molar-refractivity contribution in [2.45, 2.75) is 46.1 Å². The smallest absolute Gasteiger partial charge is 0.0175 e. The Morgan fingerprint density at radius 3 is 2.58 bits per heavy atom. The van der Waals surface area contributed by atoms with Gasteiger partial charge < -0.3 is 10.2 Å². The summed E-state index contributed by atoms with van der Waals surface area (Å²) in [6.45, 7) is 12.5. The molecule has 3 unspecified atom stereocenters. The van der Waals surface area contributed by atoms with Gasteiger partial charge in [-0.3, -0.25) is 0 Å². The fourth-order valence-electron chi connectivity index (χ4n) is 5.00. The molecule has 2 aliphatic carbocycles. The Kier molecular flexibility index (Phi) is 3.92. The molecular formula is C16H30N2S. The molecule has 19 heavy (non-hydrogen) atoms. The van der Waals surface area contributed by atoms with E-state index in [0.717, 1.165) is 12.0 Å². The third kappa shape index (κ3) is 2.58. The van der Waals surface area contributed by atoms with Crippen molar-refractivity contribution in [2.75, 3.05) is 37.7 Å². The van der Waals surface area contributed by atoms with E-state index in [1.807, 2.05) is 0 Å². The molecule has 3 rings (SSSR count). The SMILES string of the molecule is CC12CCC(C1)C(C)(C)C2NCCN1CCSCC1. The van der Waals surface area contributed by atoms with Crippen LogP contribution in [-0.2, 0) is 0 Å². The molecular weight excluding hydrogens is 252 g/mol. The number of nitrogens with one attached hydrogen (secondary N) is 1. The Labute approximate surface area is 123 Å². The lowest BCUT2D eigenvalue weighted by molar-refractivity contribution is 0.106. The average Bonchev–Trinajstić information content (AvgIpc) is 2.86. The van der Waals surface area contributed by atoms with Crippen LogP contribution in [-0.4, -0.2) is 48.6 Å². The predicted molar refractivity (Wildman–Crippen MR) is 84.8 cm³/mol. The van der Waals surface area contributed by atoms with Crippen molar-refractivity contribution in [1.29, 1.82) is 0 Å². The summed E-state index contributed by atoms with van der Waals surface area (Å²) in [5.41, 5.74) is 1.08. The molecule has 0 radical (unpaired) electrons. The third-order valence-corrected chi connectivity index (χ3v) is 7.09. The molecule has 0 aromatic rings. The van der Waals surface area contributed by atoms with Gasteiger partial charge in [-0.1, -0.05) is 20.8 Å². The summed E-state index contributed by atoms with van der Waals surface area (Å²) >= 11 is 2.10. The molecule has 1 N–H and O–H groups in total. The monoisotopic (exact) mass is 282 g/mol. The van der Waals surface area contributed by atoms with Crippen LogP contribution in [0.15, 0.2) is 0 Å². The third-order valence-electron chi connectivity index (χ3n) is 6.15. The molecule has 3 atom stereocenters. The maximum absolute atomic E-state index is 3.94. The van der Waals surface area contributed by atoms with Gasteiger partial charge in [-0.25, -0.2) is 0 Å². The number of hydrogen-bond donors (Lipinski definition) is 1. The van der Waals surface area contributed by atoms with Crippen molar-refractivity contribution in [1.82, 2.24) is 10.2 Å². The van der Waals surface area contributed by atoms with Crippen LogP contribution in [0.2, 0.25) is 0 Å². The van der Waals surface area contributed by atoms with Crippen LogP contribution < -0.4 is 5.32 Å². The molecule has 3 heteroatoms. The Balaban J connectivity index is 1.52. The summed E-state index contributed by atoms with van der Waals surface area (Å²) in [6, 6.07) is 0.734. The van der Waals surface area contributed by atoms with E-state index in [2.05, 4.69) is 42.7 Å². The average molecular weight is 282 g/mol. The Bertz CT molecular complexity index is 320. The molecule has 2 nitrogen and oxygen atoms in total. The fraction of sp³-hybridized carbons (Fsp3) is 1.00. The van der Waals surface area contributed by atoms with Gasteiger partial charge in [-0.05, 0) is 36.0 Å². The molecule has 3 fully saturated rings. The molecule has 110 valence electrons. The van der Waals surface area contributed by atoms with Crippen LogP contribution in [0.5, 0.6) is 0 Å². The number of hydrogen-bond acceptors (Lipinski definition) is 3. The quantitative estimate of drug-likeness (QED) is 0.853. The minimum Gasteiger partial charge on any atom is -0.312 e. The predicted octanol–water partition coefficient (Wildman–Crippen LogP) is 2.84. The van der Waals surface area contributed by atoms with E-state index in [-0.39, 0.29) is 0 Å². The van der Waals surface area contributed by atoms with E-state index in [1.54, 1.807) is 0 Å². The zero-order valence-electron chi connectivity index (χ0n) is 12.9. The maximum atomic E-state index is 3.94. The molecule has 0 aromatic carbocycles. The van der Waals surface area contributed by atoms with Crippen LogP contribution in [0, 0.1) is 16.7 Å². The van der Waals surface area contributed by atoms with E-state index in [0.29, 0.717) is 10.8 Å². The van der Waals surface area contributed by atoms with Crippen molar-refractivity contribution in [3.63, 3.8) is 0 Å². The van der Waals surface area contributed by atoms with Crippen molar-refractivity contribution < 1.29 is 0 Å². The van der Waals surface area contributed by atoms with Crippen LogP contribution in [0.25, 0.3) is 0 Å². The van der Waals surface area contributed by atoms with Gasteiger partial charge in [0.05, 0.1) is 0 Å². The summed E-state index contributed by atoms with van der Waals surface area (Å²) in [7, 11) is 0. The van der Waals surface area contributed by atoms with Gasteiger partial charge in [0.25, 0.3) is 0 Å². The molecule has 3 aliphatic rings. The lowest BCUT2D eigenvalue weighted by Gasteiger charge is -2.43. The van der Waals surface area contributed by atoms with Gasteiger partial charge >= 0.3 is 0 Å². The second-order valence-corrected chi connectivity index (χ2v) is 8.98. The second kappa shape index (κ2) is 5.23. The fourth-order valence-corrected chi connectivity index (χ4v) is 5.98. The van der Waals surface area contributed by atoms with Crippen molar-refractivity contribution >= 4 is 11.8 Å². The van der Waals surface area contributed by atoms with E-state index in [4.69, 9.17) is 0 Å². The Morgan fingerprint density at radius 2 is 1.95 bits per heavy atom. The number of fused-ring (bicyclic) bond motifs is 2. The zero-order chi connectivity index (χ0) is 13.5. The summed E-state index contributed by atoms with van der Waals surface area (Å²) in [5, 5.41) is 3.94. The lowest BCUT2D eigenvalue weighted by atomic mass is 9.68. The number of thioether (sulfide) groups is 1. The van der Waals surface area contributed by atoms with Gasteiger partial charge in [0.15, 0.2) is 0 Å². The minimum absolute atomic E-state index is 0.505. The van der Waals surface area contributed by atoms with Gasteiger partial charge in [0, 0.05) is 43.7 Å². The van der Waals surface area contributed by atoms with E-state index in [1.165, 1.54) is 56.9 Å². The first-order valence-electron chi connectivity index (χ1n) is 8.06. The molecule has 1 heterocycles. The first-order valence-corrected chi connectivity index (χ1v) is 9.21. The number of nitrogens with zero attached hydrogens (tertiary/aromatic N) is 1. The molecule has 1 saturated heterocycles. The van der Waals surface area contributed by atoms with Crippen molar-refractivity contribution in [2.24, 2.45) is 16.7 Å². The van der Waals surface area contributed by atoms with Crippen LogP contribution >= 0.6 is 11.8 Å². The van der Waals surface area contributed by atoms with E-state index >= 15 is 0 Å². The van der Waals surface area contributed by atoms with Gasteiger partial charge in [-0.2, -0.15) is 11.8 Å². The molecule has 2 bridgehead atoms. The largest absolute Gasteiger partial charge is 0.312 e. The first kappa shape index (κ1) is 14.2. The van der Waals surface area contributed by atoms with Crippen LogP contribution in [0.3, 0.4) is 0 Å². The standard InChI is InChI=1S/C16H30N2S/c1-15(2)13-4-5-16(3,12-13)14(15)17-6-7-18-8-10-19-11-9-18/h13-14,17H,4-12H2,1-3H3. The van der Waals surface area contributed by atoms with Crippen molar-refractivity contribution in [3.8, 4) is 0 Å².